The SMILES string of the molecule is C[C@@H]1CN(C(=O)C(C)(C)C(F)F)C[C@@H](c2ccsc2)O1. The van der Waals surface area contributed by atoms with E-state index in [1.807, 2.05) is 23.8 Å². The third kappa shape index (κ3) is 3.01. The Bertz CT molecular complexity index is 462. The quantitative estimate of drug-likeness (QED) is 0.857. The molecule has 6 heteroatoms. The largest absolute Gasteiger partial charge is 0.367 e. The Morgan fingerprint density at radius 1 is 1.50 bits per heavy atom. The van der Waals surface area contributed by atoms with Gasteiger partial charge in [-0.05, 0) is 43.2 Å². The molecule has 1 aliphatic heterocycles. The molecule has 0 saturated carbocycles. The van der Waals surface area contributed by atoms with Gasteiger partial charge in [0, 0.05) is 6.54 Å². The summed E-state index contributed by atoms with van der Waals surface area (Å²) in [6, 6.07) is 1.94. The van der Waals surface area contributed by atoms with Gasteiger partial charge in [0.25, 0.3) is 6.43 Å². The number of morpholine rings is 1. The van der Waals surface area contributed by atoms with E-state index in [1.165, 1.54) is 18.7 Å². The second kappa shape index (κ2) is 5.77. The maximum Gasteiger partial charge on any atom is 0.252 e. The highest BCUT2D eigenvalue weighted by molar-refractivity contribution is 7.07. The molecule has 2 heterocycles. The van der Waals surface area contributed by atoms with E-state index in [4.69, 9.17) is 4.74 Å². The van der Waals surface area contributed by atoms with Gasteiger partial charge >= 0.3 is 0 Å². The Kier molecular flexibility index (Phi) is 4.44. The molecule has 3 nitrogen and oxygen atoms in total. The van der Waals surface area contributed by atoms with Gasteiger partial charge in [0.05, 0.1) is 12.6 Å². The number of hydrogen-bond donors (Lipinski definition) is 0. The summed E-state index contributed by atoms with van der Waals surface area (Å²) in [6.07, 6.45) is -3.07. The van der Waals surface area contributed by atoms with Crippen LogP contribution < -0.4 is 0 Å². The van der Waals surface area contributed by atoms with Gasteiger partial charge in [-0.15, -0.1) is 0 Å². The second-order valence-corrected chi connectivity index (χ2v) is 6.50. The number of hydrogen-bond acceptors (Lipinski definition) is 3. The maximum atomic E-state index is 13.0. The second-order valence-electron chi connectivity index (χ2n) is 5.72. The van der Waals surface area contributed by atoms with Crippen LogP contribution in [0.15, 0.2) is 16.8 Å². The molecule has 0 spiro atoms. The molecule has 1 aromatic rings. The predicted octanol–water partition coefficient (Wildman–Crippen LogP) is 3.33. The highest BCUT2D eigenvalue weighted by atomic mass is 32.1. The van der Waals surface area contributed by atoms with Crippen LogP contribution in [0, 0.1) is 5.41 Å². The van der Waals surface area contributed by atoms with Gasteiger partial charge in [0.15, 0.2) is 0 Å². The lowest BCUT2D eigenvalue weighted by Gasteiger charge is -2.40. The number of ether oxygens (including phenoxy) is 1. The summed E-state index contributed by atoms with van der Waals surface area (Å²) in [7, 11) is 0. The summed E-state index contributed by atoms with van der Waals surface area (Å²) in [5.74, 6) is -0.511. The highest BCUT2D eigenvalue weighted by Gasteiger charge is 2.42. The molecular weight excluding hydrogens is 284 g/mol. The first-order valence-electron chi connectivity index (χ1n) is 6.57. The van der Waals surface area contributed by atoms with E-state index in [1.54, 1.807) is 11.3 Å². The lowest BCUT2D eigenvalue weighted by molar-refractivity contribution is -0.161. The zero-order valence-corrected chi connectivity index (χ0v) is 12.6. The number of thiophene rings is 1. The minimum Gasteiger partial charge on any atom is -0.367 e. The van der Waals surface area contributed by atoms with Crippen molar-refractivity contribution in [2.24, 2.45) is 5.41 Å². The molecule has 0 N–H and O–H groups in total. The average molecular weight is 303 g/mol. The van der Waals surface area contributed by atoms with Crippen molar-refractivity contribution < 1.29 is 18.3 Å². The van der Waals surface area contributed by atoms with Crippen molar-refractivity contribution in [1.82, 2.24) is 4.90 Å². The van der Waals surface area contributed by atoms with E-state index in [2.05, 4.69) is 0 Å². The molecule has 0 radical (unpaired) electrons. The normalized spacial score (nSPS) is 24.2. The van der Waals surface area contributed by atoms with Crippen LogP contribution in [0.4, 0.5) is 8.78 Å². The van der Waals surface area contributed by atoms with Gasteiger partial charge in [0.2, 0.25) is 5.91 Å². The number of alkyl halides is 2. The zero-order valence-electron chi connectivity index (χ0n) is 11.8. The minimum atomic E-state index is -2.67. The molecule has 112 valence electrons. The van der Waals surface area contributed by atoms with E-state index in [-0.39, 0.29) is 12.2 Å². The topological polar surface area (TPSA) is 29.5 Å². The van der Waals surface area contributed by atoms with Crippen LogP contribution in [0.1, 0.15) is 32.4 Å². The zero-order chi connectivity index (χ0) is 14.9. The molecular formula is C14H19F2NO2S. The van der Waals surface area contributed by atoms with Crippen molar-refractivity contribution in [1.29, 1.82) is 0 Å². The van der Waals surface area contributed by atoms with Crippen molar-refractivity contribution >= 4 is 17.2 Å². The van der Waals surface area contributed by atoms with Crippen LogP contribution in [-0.4, -0.2) is 36.4 Å². The van der Waals surface area contributed by atoms with Gasteiger partial charge in [-0.1, -0.05) is 0 Å². The van der Waals surface area contributed by atoms with Gasteiger partial charge in [-0.3, -0.25) is 4.79 Å². The molecule has 2 rings (SSSR count). The van der Waals surface area contributed by atoms with E-state index in [0.717, 1.165) is 5.56 Å². The maximum absolute atomic E-state index is 13.0. The van der Waals surface area contributed by atoms with Crippen molar-refractivity contribution in [3.05, 3.63) is 22.4 Å². The molecule has 0 unspecified atom stereocenters. The molecule has 2 atom stereocenters. The molecule has 1 aromatic heterocycles. The fourth-order valence-electron chi connectivity index (χ4n) is 2.26. The summed E-state index contributed by atoms with van der Waals surface area (Å²) in [5.41, 5.74) is -0.662. The van der Waals surface area contributed by atoms with Crippen LogP contribution in [0.2, 0.25) is 0 Å². The van der Waals surface area contributed by atoms with E-state index in [0.29, 0.717) is 13.1 Å². The first kappa shape index (κ1) is 15.4. The summed E-state index contributed by atoms with van der Waals surface area (Å²) >= 11 is 1.55. The van der Waals surface area contributed by atoms with Crippen molar-refractivity contribution in [3.63, 3.8) is 0 Å². The number of rotatable bonds is 3. The van der Waals surface area contributed by atoms with Crippen molar-refractivity contribution in [2.45, 2.75) is 39.4 Å². The molecule has 1 amide bonds. The molecule has 1 saturated heterocycles. The van der Waals surface area contributed by atoms with Crippen LogP contribution >= 0.6 is 11.3 Å². The number of amides is 1. The molecule has 1 fully saturated rings. The molecule has 0 bridgehead atoms. The number of carbonyl (C=O) groups excluding carboxylic acids is 1. The van der Waals surface area contributed by atoms with Gasteiger partial charge in [0.1, 0.15) is 11.5 Å². The molecule has 0 aliphatic carbocycles. The van der Waals surface area contributed by atoms with Gasteiger partial charge in [-0.25, -0.2) is 8.78 Å². The Morgan fingerprint density at radius 3 is 2.75 bits per heavy atom. The summed E-state index contributed by atoms with van der Waals surface area (Å²) in [6.45, 7) is 5.12. The number of halogens is 2. The van der Waals surface area contributed by atoms with Crippen molar-refractivity contribution in [2.75, 3.05) is 13.1 Å². The predicted molar refractivity (Wildman–Crippen MR) is 74.0 cm³/mol. The van der Waals surface area contributed by atoms with Crippen LogP contribution in [-0.2, 0) is 9.53 Å². The molecule has 0 aromatic carbocycles. The lowest BCUT2D eigenvalue weighted by Crippen LogP contribution is -2.52. The number of nitrogens with zero attached hydrogens (tertiary/aromatic N) is 1. The standard InChI is InChI=1S/C14H19F2NO2S/c1-9-6-17(13(18)14(2,3)12(15)16)7-11(19-9)10-4-5-20-8-10/h4-5,8-9,11-12H,6-7H2,1-3H3/t9-,11+/m1/s1. The first-order chi connectivity index (χ1) is 9.32. The van der Waals surface area contributed by atoms with E-state index >= 15 is 0 Å². The van der Waals surface area contributed by atoms with Crippen LogP contribution in [0.5, 0.6) is 0 Å². The Labute approximate surface area is 121 Å². The summed E-state index contributed by atoms with van der Waals surface area (Å²) in [4.78, 5) is 13.8. The van der Waals surface area contributed by atoms with E-state index < -0.39 is 17.7 Å². The van der Waals surface area contributed by atoms with Gasteiger partial charge < -0.3 is 9.64 Å². The van der Waals surface area contributed by atoms with Crippen molar-refractivity contribution in [3.8, 4) is 0 Å². The summed E-state index contributed by atoms with van der Waals surface area (Å²) < 4.78 is 31.8. The third-order valence-corrected chi connectivity index (χ3v) is 4.26. The minimum absolute atomic E-state index is 0.161. The Hall–Kier alpha value is -1.01. The smallest absolute Gasteiger partial charge is 0.252 e. The van der Waals surface area contributed by atoms with E-state index in [9.17, 15) is 13.6 Å². The monoisotopic (exact) mass is 303 g/mol. The van der Waals surface area contributed by atoms with Crippen LogP contribution in [0.3, 0.4) is 0 Å². The first-order valence-corrected chi connectivity index (χ1v) is 7.51. The molecule has 20 heavy (non-hydrogen) atoms. The fraction of sp³-hybridized carbons (Fsp3) is 0.643. The highest BCUT2D eigenvalue weighted by Crippen LogP contribution is 2.32. The Balaban J connectivity index is 2.14. The molecule has 1 aliphatic rings. The number of carbonyl (C=O) groups is 1. The Morgan fingerprint density at radius 2 is 2.20 bits per heavy atom. The fourth-order valence-corrected chi connectivity index (χ4v) is 2.96. The summed E-state index contributed by atoms with van der Waals surface area (Å²) in [5, 5.41) is 3.90. The average Bonchev–Trinajstić information content (AvgIpc) is 2.90. The van der Waals surface area contributed by atoms with Gasteiger partial charge in [-0.2, -0.15) is 11.3 Å². The lowest BCUT2D eigenvalue weighted by atomic mass is 9.91. The van der Waals surface area contributed by atoms with Crippen LogP contribution in [0.25, 0.3) is 0 Å². The third-order valence-electron chi connectivity index (χ3n) is 3.56.